The van der Waals surface area contributed by atoms with Gasteiger partial charge in [-0.15, -0.1) is 11.3 Å². The van der Waals surface area contributed by atoms with Gasteiger partial charge in [-0.1, -0.05) is 13.0 Å². The highest BCUT2D eigenvalue weighted by atomic mass is 32.1. The second kappa shape index (κ2) is 8.42. The average Bonchev–Trinajstić information content (AvgIpc) is 3.16. The largest absolute Gasteiger partial charge is 0.353 e. The smallest absolute Gasteiger partial charge is 0.264 e. The van der Waals surface area contributed by atoms with Gasteiger partial charge in [0.15, 0.2) is 0 Å². The summed E-state index contributed by atoms with van der Waals surface area (Å²) in [4.78, 5) is 35.2. The number of amides is 1. The Balaban J connectivity index is 1.39. The molecule has 0 aromatic carbocycles. The quantitative estimate of drug-likeness (QED) is 0.625. The van der Waals surface area contributed by atoms with Gasteiger partial charge in [0.1, 0.15) is 22.8 Å². The Kier molecular flexibility index (Phi) is 5.48. The van der Waals surface area contributed by atoms with Crippen LogP contribution in [0.25, 0.3) is 10.2 Å². The summed E-state index contributed by atoms with van der Waals surface area (Å²) < 4.78 is 0. The van der Waals surface area contributed by atoms with E-state index < -0.39 is 0 Å². The number of pyridine rings is 1. The molecule has 162 valence electrons. The van der Waals surface area contributed by atoms with E-state index >= 15 is 0 Å². The summed E-state index contributed by atoms with van der Waals surface area (Å²) in [6.07, 6.45) is 5.64. The summed E-state index contributed by atoms with van der Waals surface area (Å²) in [5, 5.41) is 1.03. The zero-order chi connectivity index (χ0) is 21.4. The molecular weight excluding hydrogens is 408 g/mol. The molecule has 5 heterocycles. The predicted octanol–water partition coefficient (Wildman–Crippen LogP) is 3.59. The van der Waals surface area contributed by atoms with Crippen molar-refractivity contribution < 1.29 is 4.79 Å². The summed E-state index contributed by atoms with van der Waals surface area (Å²) in [6, 6.07) is 6.03. The number of carbonyl (C=O) groups excluding carboxylic acids is 1. The van der Waals surface area contributed by atoms with Crippen LogP contribution in [0.4, 0.5) is 11.6 Å². The van der Waals surface area contributed by atoms with Crippen LogP contribution >= 0.6 is 11.3 Å². The Morgan fingerprint density at radius 1 is 1.00 bits per heavy atom. The number of likely N-dealkylation sites (tertiary alicyclic amines) is 1. The number of aryl methyl sites for hydroxylation is 1. The molecule has 0 spiro atoms. The van der Waals surface area contributed by atoms with E-state index in [1.54, 1.807) is 6.33 Å². The number of carbonyl (C=O) groups is 1. The highest BCUT2D eigenvalue weighted by molar-refractivity contribution is 7.20. The van der Waals surface area contributed by atoms with E-state index in [-0.39, 0.29) is 5.91 Å². The van der Waals surface area contributed by atoms with Gasteiger partial charge in [-0.25, -0.2) is 15.0 Å². The van der Waals surface area contributed by atoms with Crippen molar-refractivity contribution in [2.24, 2.45) is 5.92 Å². The van der Waals surface area contributed by atoms with Crippen molar-refractivity contribution in [1.82, 2.24) is 19.9 Å². The van der Waals surface area contributed by atoms with Crippen LogP contribution < -0.4 is 9.80 Å². The molecule has 0 unspecified atom stereocenters. The molecule has 2 aliphatic rings. The Hall–Kier alpha value is -2.74. The number of fused-ring (bicyclic) bond motifs is 1. The van der Waals surface area contributed by atoms with Crippen molar-refractivity contribution in [3.05, 3.63) is 41.2 Å². The first-order chi connectivity index (χ1) is 15.1. The van der Waals surface area contributed by atoms with E-state index in [0.29, 0.717) is 5.92 Å². The van der Waals surface area contributed by atoms with Crippen LogP contribution in [0.15, 0.2) is 30.7 Å². The van der Waals surface area contributed by atoms with Crippen LogP contribution in [0, 0.1) is 12.8 Å². The first-order valence-corrected chi connectivity index (χ1v) is 11.9. The second-order valence-corrected chi connectivity index (χ2v) is 9.57. The molecule has 0 saturated carbocycles. The van der Waals surface area contributed by atoms with Gasteiger partial charge in [-0.3, -0.25) is 4.79 Å². The molecule has 2 aliphatic heterocycles. The number of rotatable bonds is 3. The molecule has 2 fully saturated rings. The number of aromatic nitrogens is 3. The van der Waals surface area contributed by atoms with E-state index in [1.165, 1.54) is 11.3 Å². The first-order valence-electron chi connectivity index (χ1n) is 11.1. The third-order valence-corrected chi connectivity index (χ3v) is 7.71. The van der Waals surface area contributed by atoms with Crippen molar-refractivity contribution in [3.63, 3.8) is 0 Å². The fourth-order valence-corrected chi connectivity index (χ4v) is 5.65. The maximum absolute atomic E-state index is 13.2. The summed E-state index contributed by atoms with van der Waals surface area (Å²) in [5.74, 6) is 2.82. The lowest BCUT2D eigenvalue weighted by Gasteiger charge is -2.36. The highest BCUT2D eigenvalue weighted by Crippen LogP contribution is 2.36. The maximum atomic E-state index is 13.2. The van der Waals surface area contributed by atoms with Crippen LogP contribution in [0.2, 0.25) is 0 Å². The molecule has 3 aromatic heterocycles. The summed E-state index contributed by atoms with van der Waals surface area (Å²) in [6.45, 7) is 9.53. The van der Waals surface area contributed by atoms with E-state index in [1.807, 2.05) is 23.2 Å². The molecule has 0 aliphatic carbocycles. The molecule has 2 saturated heterocycles. The topological polar surface area (TPSA) is 65.5 Å². The molecule has 0 radical (unpaired) electrons. The second-order valence-electron chi connectivity index (χ2n) is 8.57. The van der Waals surface area contributed by atoms with Gasteiger partial charge >= 0.3 is 0 Å². The molecule has 0 atom stereocenters. The van der Waals surface area contributed by atoms with Crippen LogP contribution in [0.5, 0.6) is 0 Å². The zero-order valence-electron chi connectivity index (χ0n) is 18.1. The van der Waals surface area contributed by atoms with Gasteiger partial charge in [-0.05, 0) is 43.4 Å². The van der Waals surface area contributed by atoms with Gasteiger partial charge in [0, 0.05) is 45.5 Å². The normalized spacial score (nSPS) is 18.1. The number of anilines is 2. The Bertz CT molecular complexity index is 1070. The Morgan fingerprint density at radius 2 is 1.74 bits per heavy atom. The van der Waals surface area contributed by atoms with Gasteiger partial charge in [-0.2, -0.15) is 0 Å². The number of piperazine rings is 1. The number of hydrogen-bond acceptors (Lipinski definition) is 7. The lowest BCUT2D eigenvalue weighted by molar-refractivity contribution is 0.0701. The van der Waals surface area contributed by atoms with Crippen molar-refractivity contribution >= 4 is 39.1 Å². The number of hydrogen-bond donors (Lipinski definition) is 0. The van der Waals surface area contributed by atoms with Crippen molar-refractivity contribution in [3.8, 4) is 0 Å². The Morgan fingerprint density at radius 3 is 2.45 bits per heavy atom. The summed E-state index contributed by atoms with van der Waals surface area (Å²) in [7, 11) is 0. The van der Waals surface area contributed by atoms with Gasteiger partial charge < -0.3 is 14.7 Å². The molecule has 0 bridgehead atoms. The third kappa shape index (κ3) is 3.84. The third-order valence-electron chi connectivity index (χ3n) is 6.52. The predicted molar refractivity (Wildman–Crippen MR) is 125 cm³/mol. The molecule has 0 N–H and O–H groups in total. The lowest BCUT2D eigenvalue weighted by atomic mass is 9.99. The number of thiophene rings is 1. The standard InChI is InChI=1S/C23H28N6OS/c1-16-6-9-29(10-7-16)23(30)20-17(2)19-21(25-15-26-22(19)31-20)28-13-11-27(12-14-28)18-5-3-4-8-24-18/h3-5,8,15-16H,6-7,9-14H2,1-2H3. The fourth-order valence-electron chi connectivity index (χ4n) is 4.54. The van der Waals surface area contributed by atoms with Crippen LogP contribution in [-0.4, -0.2) is 65.0 Å². The molecule has 8 heteroatoms. The minimum Gasteiger partial charge on any atom is -0.353 e. The van der Waals surface area contributed by atoms with Gasteiger partial charge in [0.05, 0.1) is 10.3 Å². The summed E-state index contributed by atoms with van der Waals surface area (Å²) in [5.41, 5.74) is 1.02. The fraction of sp³-hybridized carbons (Fsp3) is 0.478. The average molecular weight is 437 g/mol. The van der Waals surface area contributed by atoms with Crippen LogP contribution in [0.3, 0.4) is 0 Å². The summed E-state index contributed by atoms with van der Waals surface area (Å²) >= 11 is 1.51. The molecule has 31 heavy (non-hydrogen) atoms. The lowest BCUT2D eigenvalue weighted by Crippen LogP contribution is -2.47. The molecule has 5 rings (SSSR count). The molecule has 7 nitrogen and oxygen atoms in total. The van der Waals surface area contributed by atoms with Crippen molar-refractivity contribution in [1.29, 1.82) is 0 Å². The van der Waals surface area contributed by atoms with Crippen LogP contribution in [0.1, 0.15) is 35.0 Å². The molecule has 3 aromatic rings. The van der Waals surface area contributed by atoms with E-state index in [4.69, 9.17) is 0 Å². The van der Waals surface area contributed by atoms with Crippen molar-refractivity contribution in [2.45, 2.75) is 26.7 Å². The molecular formula is C23H28N6OS. The van der Waals surface area contributed by atoms with Gasteiger partial charge in [0.25, 0.3) is 5.91 Å². The molecule has 1 amide bonds. The zero-order valence-corrected chi connectivity index (χ0v) is 18.9. The van der Waals surface area contributed by atoms with E-state index in [0.717, 1.165) is 84.4 Å². The minimum atomic E-state index is 0.151. The minimum absolute atomic E-state index is 0.151. The van der Waals surface area contributed by atoms with E-state index in [2.05, 4.69) is 44.7 Å². The van der Waals surface area contributed by atoms with Crippen molar-refractivity contribution in [2.75, 3.05) is 49.1 Å². The SMILES string of the molecule is Cc1c(C(=O)N2CCC(C)CC2)sc2ncnc(N3CCN(c4ccccn4)CC3)c12. The monoisotopic (exact) mass is 436 g/mol. The highest BCUT2D eigenvalue weighted by Gasteiger charge is 2.28. The number of nitrogens with zero attached hydrogens (tertiary/aromatic N) is 6. The van der Waals surface area contributed by atoms with Gasteiger partial charge in [0.2, 0.25) is 0 Å². The van der Waals surface area contributed by atoms with E-state index in [9.17, 15) is 4.79 Å². The number of piperidine rings is 1. The van der Waals surface area contributed by atoms with Crippen LogP contribution in [-0.2, 0) is 0 Å². The first kappa shape index (κ1) is 20.2. The maximum Gasteiger partial charge on any atom is 0.264 e. The Labute approximate surface area is 186 Å².